The molecule has 2 heterocycles. The van der Waals surface area contributed by atoms with E-state index in [0.717, 1.165) is 37.5 Å². The van der Waals surface area contributed by atoms with Crippen molar-refractivity contribution in [2.45, 2.75) is 38.8 Å². The third-order valence-corrected chi connectivity index (χ3v) is 5.61. The number of carboxylic acid groups (broad SMARTS) is 1. The summed E-state index contributed by atoms with van der Waals surface area (Å²) in [6.07, 6.45) is 2.40. The average Bonchev–Trinajstić information content (AvgIpc) is 3.15. The van der Waals surface area contributed by atoms with Crippen LogP contribution in [0, 0.1) is 25.7 Å². The average molecular weight is 366 g/mol. The molecule has 0 bridgehead atoms. The van der Waals surface area contributed by atoms with Gasteiger partial charge in [-0.2, -0.15) is 0 Å². The van der Waals surface area contributed by atoms with Gasteiger partial charge in [-0.05, 0) is 58.7 Å². The number of likely N-dealkylation sites (tertiary alicyclic amines) is 1. The van der Waals surface area contributed by atoms with Crippen LogP contribution in [-0.4, -0.2) is 73.7 Å². The first-order chi connectivity index (χ1) is 12.3. The number of carbonyl (C=O) groups excluding carboxylic acids is 1. The SMILES string of the molecule is CO[C@@H]1C[C@H]2CN(C(=O)c3cc(C)oc3C)C[C@H]2C[C@H]1N(C)C.O=CO. The lowest BCUT2D eigenvalue weighted by Crippen LogP contribution is -2.47. The van der Waals surface area contributed by atoms with Crippen LogP contribution in [0.25, 0.3) is 0 Å². The Morgan fingerprint density at radius 3 is 2.35 bits per heavy atom. The molecule has 1 aromatic rings. The molecule has 1 amide bonds. The largest absolute Gasteiger partial charge is 0.483 e. The van der Waals surface area contributed by atoms with E-state index in [1.165, 1.54) is 0 Å². The van der Waals surface area contributed by atoms with Crippen molar-refractivity contribution in [3.8, 4) is 0 Å². The van der Waals surface area contributed by atoms with Crippen molar-refractivity contribution >= 4 is 12.4 Å². The summed E-state index contributed by atoms with van der Waals surface area (Å²) in [6, 6.07) is 2.30. The number of methoxy groups -OCH3 is 1. The standard InChI is InChI=1S/C18H28N2O3.CH2O2/c1-11-6-15(12(2)23-11)18(21)20-9-13-7-16(19(3)4)17(22-5)8-14(13)10-20;2-1-3/h6,13-14,16-17H,7-10H2,1-5H3;1H,(H,2,3)/t13-,14+,16-,17-;/m1./s1. The monoisotopic (exact) mass is 366 g/mol. The maximum Gasteiger partial charge on any atom is 0.290 e. The van der Waals surface area contributed by atoms with Gasteiger partial charge in [-0.25, -0.2) is 0 Å². The van der Waals surface area contributed by atoms with E-state index in [2.05, 4.69) is 19.0 Å². The van der Waals surface area contributed by atoms with E-state index in [9.17, 15) is 4.79 Å². The minimum atomic E-state index is -0.250. The Morgan fingerprint density at radius 2 is 1.88 bits per heavy atom. The molecule has 7 nitrogen and oxygen atoms in total. The maximum absolute atomic E-state index is 12.8. The summed E-state index contributed by atoms with van der Waals surface area (Å²) in [5.74, 6) is 2.77. The molecule has 3 rings (SSSR count). The third-order valence-electron chi connectivity index (χ3n) is 5.61. The first-order valence-electron chi connectivity index (χ1n) is 8.95. The van der Waals surface area contributed by atoms with Crippen LogP contribution in [0.5, 0.6) is 0 Å². The fraction of sp³-hybridized carbons (Fsp3) is 0.684. The molecule has 1 aliphatic heterocycles. The summed E-state index contributed by atoms with van der Waals surface area (Å²) >= 11 is 0. The molecule has 2 aliphatic rings. The number of likely N-dealkylation sites (N-methyl/N-ethyl adjacent to an activating group) is 1. The van der Waals surface area contributed by atoms with Crippen molar-refractivity contribution in [2.75, 3.05) is 34.3 Å². The van der Waals surface area contributed by atoms with Crippen LogP contribution in [-0.2, 0) is 9.53 Å². The summed E-state index contributed by atoms with van der Waals surface area (Å²) < 4.78 is 11.2. The molecule has 0 spiro atoms. The molecule has 0 aromatic carbocycles. The van der Waals surface area contributed by atoms with Crippen LogP contribution < -0.4 is 0 Å². The van der Waals surface area contributed by atoms with Gasteiger partial charge in [0.15, 0.2) is 0 Å². The lowest BCUT2D eigenvalue weighted by Gasteiger charge is -2.40. The van der Waals surface area contributed by atoms with Gasteiger partial charge < -0.3 is 24.1 Å². The predicted octanol–water partition coefficient (Wildman–Crippen LogP) is 2.02. The molecule has 0 radical (unpaired) electrons. The van der Waals surface area contributed by atoms with Crippen molar-refractivity contribution in [1.29, 1.82) is 0 Å². The van der Waals surface area contributed by atoms with Crippen LogP contribution >= 0.6 is 0 Å². The number of furan rings is 1. The molecular weight excluding hydrogens is 336 g/mol. The number of carbonyl (C=O) groups is 2. The zero-order valence-corrected chi connectivity index (χ0v) is 16.3. The molecule has 0 unspecified atom stereocenters. The van der Waals surface area contributed by atoms with Gasteiger partial charge in [0.2, 0.25) is 0 Å². The van der Waals surface area contributed by atoms with E-state index in [4.69, 9.17) is 19.1 Å². The number of aryl methyl sites for hydroxylation is 2. The van der Waals surface area contributed by atoms with Gasteiger partial charge >= 0.3 is 0 Å². The number of fused-ring (bicyclic) bond motifs is 1. The second-order valence-corrected chi connectivity index (χ2v) is 7.44. The number of hydrogen-bond donors (Lipinski definition) is 1. The fourth-order valence-electron chi connectivity index (χ4n) is 4.37. The normalized spacial score (nSPS) is 27.7. The molecule has 7 heteroatoms. The Morgan fingerprint density at radius 1 is 1.31 bits per heavy atom. The van der Waals surface area contributed by atoms with Gasteiger partial charge in [-0.15, -0.1) is 0 Å². The van der Waals surface area contributed by atoms with E-state index in [0.29, 0.717) is 23.4 Å². The zero-order chi connectivity index (χ0) is 19.4. The first-order valence-corrected chi connectivity index (χ1v) is 8.95. The lowest BCUT2D eigenvalue weighted by molar-refractivity contribution is -0.122. The smallest absolute Gasteiger partial charge is 0.290 e. The number of amides is 1. The number of rotatable bonds is 3. The second kappa shape index (κ2) is 8.68. The number of nitrogens with zero attached hydrogens (tertiary/aromatic N) is 2. The second-order valence-electron chi connectivity index (χ2n) is 7.44. The van der Waals surface area contributed by atoms with Crippen molar-refractivity contribution in [3.05, 3.63) is 23.2 Å². The van der Waals surface area contributed by atoms with Crippen LogP contribution in [0.4, 0.5) is 0 Å². The highest BCUT2D eigenvalue weighted by molar-refractivity contribution is 5.95. The Balaban J connectivity index is 0.000000758. The summed E-state index contributed by atoms with van der Waals surface area (Å²) in [4.78, 5) is 25.4. The molecule has 1 saturated carbocycles. The quantitative estimate of drug-likeness (QED) is 0.824. The molecule has 2 fully saturated rings. The van der Waals surface area contributed by atoms with Gasteiger partial charge in [0.05, 0.1) is 11.7 Å². The topological polar surface area (TPSA) is 83.2 Å². The van der Waals surface area contributed by atoms with Crippen molar-refractivity contribution in [1.82, 2.24) is 9.80 Å². The molecule has 1 aromatic heterocycles. The minimum absolute atomic E-state index is 0.115. The van der Waals surface area contributed by atoms with Crippen molar-refractivity contribution in [2.24, 2.45) is 11.8 Å². The molecule has 1 N–H and O–H groups in total. The van der Waals surface area contributed by atoms with Crippen LogP contribution in [0.15, 0.2) is 10.5 Å². The van der Waals surface area contributed by atoms with Gasteiger partial charge in [0.1, 0.15) is 11.5 Å². The highest BCUT2D eigenvalue weighted by atomic mass is 16.5. The van der Waals surface area contributed by atoms with E-state index in [1.807, 2.05) is 24.8 Å². The molecule has 4 atom stereocenters. The molecule has 146 valence electrons. The predicted molar refractivity (Wildman–Crippen MR) is 97.3 cm³/mol. The van der Waals surface area contributed by atoms with E-state index in [1.54, 1.807) is 7.11 Å². The van der Waals surface area contributed by atoms with Gasteiger partial charge in [-0.3, -0.25) is 9.59 Å². The summed E-state index contributed by atoms with van der Waals surface area (Å²) in [6.45, 7) is 5.20. The van der Waals surface area contributed by atoms with Crippen molar-refractivity contribution < 1.29 is 23.8 Å². The molecule has 1 aliphatic carbocycles. The maximum atomic E-state index is 12.8. The van der Waals surface area contributed by atoms with Crippen LogP contribution in [0.1, 0.15) is 34.7 Å². The highest BCUT2D eigenvalue weighted by Gasteiger charge is 2.44. The molecular formula is C19H30N2O5. The van der Waals surface area contributed by atoms with Crippen molar-refractivity contribution in [3.63, 3.8) is 0 Å². The highest BCUT2D eigenvalue weighted by Crippen LogP contribution is 2.39. The zero-order valence-electron chi connectivity index (χ0n) is 16.3. The van der Waals surface area contributed by atoms with Gasteiger partial charge in [0, 0.05) is 26.2 Å². The Bertz CT molecular complexity index is 627. The summed E-state index contributed by atoms with van der Waals surface area (Å²) in [5, 5.41) is 6.89. The fourth-order valence-corrected chi connectivity index (χ4v) is 4.37. The summed E-state index contributed by atoms with van der Waals surface area (Å²) in [7, 11) is 6.04. The van der Waals surface area contributed by atoms with Gasteiger partial charge in [0.25, 0.3) is 12.4 Å². The lowest BCUT2D eigenvalue weighted by atomic mass is 9.77. The minimum Gasteiger partial charge on any atom is -0.483 e. The number of ether oxygens (including phenoxy) is 1. The first kappa shape index (κ1) is 20.5. The molecule has 26 heavy (non-hydrogen) atoms. The number of hydrogen-bond acceptors (Lipinski definition) is 5. The Hall–Kier alpha value is -1.86. The Kier molecular flexibility index (Phi) is 6.83. The van der Waals surface area contributed by atoms with Gasteiger partial charge in [-0.1, -0.05) is 0 Å². The third kappa shape index (κ3) is 4.27. The Labute approximate surface area is 154 Å². The van der Waals surface area contributed by atoms with E-state index >= 15 is 0 Å². The summed E-state index contributed by atoms with van der Waals surface area (Å²) in [5.41, 5.74) is 0.716. The molecule has 1 saturated heterocycles. The van der Waals surface area contributed by atoms with E-state index in [-0.39, 0.29) is 18.5 Å². The van der Waals surface area contributed by atoms with E-state index < -0.39 is 0 Å². The van der Waals surface area contributed by atoms with Crippen LogP contribution in [0.2, 0.25) is 0 Å². The van der Waals surface area contributed by atoms with Crippen LogP contribution in [0.3, 0.4) is 0 Å².